The van der Waals surface area contributed by atoms with Gasteiger partial charge in [0.15, 0.2) is 6.10 Å². The van der Waals surface area contributed by atoms with Crippen LogP contribution in [0, 0.1) is 0 Å². The van der Waals surface area contributed by atoms with E-state index in [1.807, 2.05) is 21.1 Å². The Hall–Kier alpha value is -1.51. The predicted octanol–water partition coefficient (Wildman–Crippen LogP) is 11.7. The fourth-order valence-electron chi connectivity index (χ4n) is 5.98. The van der Waals surface area contributed by atoms with E-state index in [0.717, 1.165) is 57.8 Å². The summed E-state index contributed by atoms with van der Waals surface area (Å²) < 4.78 is 33.9. The second-order valence-electron chi connectivity index (χ2n) is 16.1. The molecule has 318 valence electrons. The molecule has 0 aliphatic carbocycles. The topological polar surface area (TPSA) is 111 Å². The number of quaternary nitrogens is 1. The number of rotatable bonds is 40. The highest BCUT2D eigenvalue weighted by atomic mass is 31.2. The number of phosphoric acid groups is 1. The molecule has 0 spiro atoms. The molecule has 0 aliphatic heterocycles. The van der Waals surface area contributed by atoms with Gasteiger partial charge in [0.1, 0.15) is 19.8 Å². The molecule has 0 fully saturated rings. The molecule has 0 aliphatic rings. The van der Waals surface area contributed by atoms with Gasteiger partial charge in [0.25, 0.3) is 7.82 Å². The Balaban J connectivity index is 4.37. The SMILES string of the molecule is CCCCC/C=C\C/C=C\CCCCCCCC(=O)O[C@@H](COC(=O)CCCCCCCCCCCCCCCCC)COP(=O)([O-])OCC[N+](C)(C)C. The van der Waals surface area contributed by atoms with Crippen LogP contribution in [0.25, 0.3) is 0 Å². The first kappa shape index (κ1) is 52.5. The second kappa shape index (κ2) is 37.1. The van der Waals surface area contributed by atoms with Gasteiger partial charge in [-0.15, -0.1) is 0 Å². The number of likely N-dealkylation sites (N-methyl/N-ethyl adjacent to an activating group) is 1. The molecule has 9 nitrogen and oxygen atoms in total. The summed E-state index contributed by atoms with van der Waals surface area (Å²) in [6.45, 7) is 4.20. The first-order chi connectivity index (χ1) is 26.0. The predicted molar refractivity (Wildman–Crippen MR) is 222 cm³/mol. The maximum absolute atomic E-state index is 12.7. The number of hydrogen-bond donors (Lipinski definition) is 0. The summed E-state index contributed by atoms with van der Waals surface area (Å²) in [7, 11) is 1.16. The molecular formula is C44H84NO8P. The smallest absolute Gasteiger partial charge is 0.306 e. The molecule has 0 amide bonds. The Kier molecular flexibility index (Phi) is 36.1. The lowest BCUT2D eigenvalue weighted by molar-refractivity contribution is -0.870. The Morgan fingerprint density at radius 2 is 1.00 bits per heavy atom. The average molecular weight is 786 g/mol. The number of carbonyl (C=O) groups excluding carboxylic acids is 2. The van der Waals surface area contributed by atoms with Gasteiger partial charge in [-0.25, -0.2) is 0 Å². The third kappa shape index (κ3) is 40.2. The van der Waals surface area contributed by atoms with Crippen LogP contribution in [0.4, 0.5) is 0 Å². The fourth-order valence-corrected chi connectivity index (χ4v) is 6.71. The van der Waals surface area contributed by atoms with Crippen molar-refractivity contribution >= 4 is 19.8 Å². The zero-order valence-corrected chi connectivity index (χ0v) is 36.6. The van der Waals surface area contributed by atoms with Crippen molar-refractivity contribution in [3.63, 3.8) is 0 Å². The molecule has 2 atom stereocenters. The number of nitrogens with zero attached hydrogens (tertiary/aromatic N) is 1. The number of hydrogen-bond acceptors (Lipinski definition) is 8. The minimum atomic E-state index is -4.62. The number of ether oxygens (including phenoxy) is 2. The molecule has 0 heterocycles. The molecular weight excluding hydrogens is 701 g/mol. The maximum atomic E-state index is 12.7. The third-order valence-electron chi connectivity index (χ3n) is 9.47. The molecule has 0 aromatic heterocycles. The van der Waals surface area contributed by atoms with Crippen LogP contribution in [0.3, 0.4) is 0 Å². The Morgan fingerprint density at radius 1 is 0.574 bits per heavy atom. The molecule has 1 unspecified atom stereocenters. The lowest BCUT2D eigenvalue weighted by Crippen LogP contribution is -2.37. The Labute approximate surface area is 332 Å². The minimum Gasteiger partial charge on any atom is -0.756 e. The Morgan fingerprint density at radius 3 is 1.50 bits per heavy atom. The van der Waals surface area contributed by atoms with Crippen LogP contribution in [-0.2, 0) is 32.7 Å². The summed E-state index contributed by atoms with van der Waals surface area (Å²) in [6, 6.07) is 0. The molecule has 0 aromatic rings. The second-order valence-corrected chi connectivity index (χ2v) is 17.5. The summed E-state index contributed by atoms with van der Waals surface area (Å²) in [6.07, 6.45) is 39.1. The van der Waals surface area contributed by atoms with Crippen molar-refractivity contribution in [2.75, 3.05) is 47.5 Å². The van der Waals surface area contributed by atoms with Crippen molar-refractivity contribution < 1.29 is 42.1 Å². The zero-order valence-electron chi connectivity index (χ0n) is 35.7. The molecule has 0 N–H and O–H groups in total. The van der Waals surface area contributed by atoms with Crippen LogP contribution in [0.5, 0.6) is 0 Å². The van der Waals surface area contributed by atoms with Gasteiger partial charge in [0.2, 0.25) is 0 Å². The van der Waals surface area contributed by atoms with Gasteiger partial charge in [0, 0.05) is 12.8 Å². The van der Waals surface area contributed by atoms with E-state index in [2.05, 4.69) is 38.2 Å². The van der Waals surface area contributed by atoms with Gasteiger partial charge >= 0.3 is 11.9 Å². The van der Waals surface area contributed by atoms with Crippen LogP contribution in [0.15, 0.2) is 24.3 Å². The van der Waals surface area contributed by atoms with Crippen molar-refractivity contribution in [1.29, 1.82) is 0 Å². The lowest BCUT2D eigenvalue weighted by atomic mass is 10.0. The van der Waals surface area contributed by atoms with Crippen LogP contribution in [0.1, 0.15) is 194 Å². The molecule has 0 aromatic carbocycles. The minimum absolute atomic E-state index is 0.0319. The largest absolute Gasteiger partial charge is 0.756 e. The summed E-state index contributed by atoms with van der Waals surface area (Å²) in [4.78, 5) is 37.5. The van der Waals surface area contributed by atoms with Gasteiger partial charge in [-0.3, -0.25) is 14.2 Å². The monoisotopic (exact) mass is 786 g/mol. The number of unbranched alkanes of at least 4 members (excludes halogenated alkanes) is 22. The van der Waals surface area contributed by atoms with E-state index in [0.29, 0.717) is 17.4 Å². The summed E-state index contributed by atoms with van der Waals surface area (Å²) >= 11 is 0. The first-order valence-corrected chi connectivity index (χ1v) is 23.5. The normalized spacial score (nSPS) is 13.8. The number of esters is 2. The van der Waals surface area contributed by atoms with E-state index in [1.54, 1.807) is 0 Å². The summed E-state index contributed by atoms with van der Waals surface area (Å²) in [5.41, 5.74) is 0. The molecule has 10 heteroatoms. The van der Waals surface area contributed by atoms with E-state index in [-0.39, 0.29) is 32.0 Å². The van der Waals surface area contributed by atoms with Crippen molar-refractivity contribution in [1.82, 2.24) is 0 Å². The van der Waals surface area contributed by atoms with Gasteiger partial charge in [0.05, 0.1) is 27.7 Å². The van der Waals surface area contributed by atoms with Crippen molar-refractivity contribution in [3.8, 4) is 0 Å². The van der Waals surface area contributed by atoms with Gasteiger partial charge < -0.3 is 27.9 Å². The maximum Gasteiger partial charge on any atom is 0.306 e. The van der Waals surface area contributed by atoms with Crippen LogP contribution in [0.2, 0.25) is 0 Å². The Bertz CT molecular complexity index is 980. The molecule has 0 saturated heterocycles. The quantitative estimate of drug-likeness (QED) is 0.0198. The highest BCUT2D eigenvalue weighted by Gasteiger charge is 2.21. The van der Waals surface area contributed by atoms with E-state index < -0.39 is 26.5 Å². The van der Waals surface area contributed by atoms with Gasteiger partial charge in [-0.1, -0.05) is 160 Å². The highest BCUT2D eigenvalue weighted by molar-refractivity contribution is 7.45. The van der Waals surface area contributed by atoms with E-state index in [1.165, 1.54) is 103 Å². The van der Waals surface area contributed by atoms with Gasteiger partial charge in [-0.05, 0) is 44.9 Å². The number of carbonyl (C=O) groups is 2. The molecule has 54 heavy (non-hydrogen) atoms. The molecule has 0 saturated carbocycles. The van der Waals surface area contributed by atoms with Gasteiger partial charge in [-0.2, -0.15) is 0 Å². The molecule has 0 rings (SSSR count). The molecule has 0 bridgehead atoms. The highest BCUT2D eigenvalue weighted by Crippen LogP contribution is 2.38. The van der Waals surface area contributed by atoms with E-state index in [4.69, 9.17) is 18.5 Å². The van der Waals surface area contributed by atoms with Crippen molar-refractivity contribution in [3.05, 3.63) is 24.3 Å². The van der Waals surface area contributed by atoms with Crippen molar-refractivity contribution in [2.24, 2.45) is 0 Å². The number of phosphoric ester groups is 1. The van der Waals surface area contributed by atoms with E-state index in [9.17, 15) is 19.0 Å². The van der Waals surface area contributed by atoms with Crippen LogP contribution < -0.4 is 4.89 Å². The number of allylic oxidation sites excluding steroid dienone is 4. The third-order valence-corrected chi connectivity index (χ3v) is 10.4. The standard InChI is InChI=1S/C44H84NO8P/c1-6-8-10-12-14-16-18-20-22-24-26-28-30-32-34-36-43(46)50-40-42(41-52-54(48,49)51-39-38-45(3,4)5)53-44(47)37-35-33-31-29-27-25-23-21-19-17-15-13-11-9-7-2/h15,17,21,23,42H,6-14,16,18-20,22,24-41H2,1-5H3/b17-15-,23-21-/t42-/m0/s1. The molecule has 0 radical (unpaired) electrons. The van der Waals surface area contributed by atoms with Crippen molar-refractivity contribution in [2.45, 2.75) is 200 Å². The van der Waals surface area contributed by atoms with Crippen LogP contribution in [-0.4, -0.2) is 70.0 Å². The summed E-state index contributed by atoms with van der Waals surface area (Å²) in [5.74, 6) is -0.844. The first-order valence-electron chi connectivity index (χ1n) is 22.0. The fraction of sp³-hybridized carbons (Fsp3) is 0.864. The zero-order chi connectivity index (χ0) is 40.0. The van der Waals surface area contributed by atoms with Crippen LogP contribution >= 0.6 is 7.82 Å². The van der Waals surface area contributed by atoms with E-state index >= 15 is 0 Å². The average Bonchev–Trinajstić information content (AvgIpc) is 3.12. The summed E-state index contributed by atoms with van der Waals surface area (Å²) in [5, 5.41) is 0. The lowest BCUT2D eigenvalue weighted by Gasteiger charge is -2.28.